The van der Waals surface area contributed by atoms with Crippen molar-refractivity contribution in [1.82, 2.24) is 9.97 Å². The Morgan fingerprint density at radius 3 is 2.75 bits per heavy atom. The van der Waals surface area contributed by atoms with E-state index in [9.17, 15) is 15.2 Å². The van der Waals surface area contributed by atoms with Crippen molar-refractivity contribution in [3.63, 3.8) is 0 Å². The highest BCUT2D eigenvalue weighted by atomic mass is 35.5. The van der Waals surface area contributed by atoms with Crippen LogP contribution in [0.4, 0.5) is 11.5 Å². The molecule has 8 heteroatoms. The number of halogens is 1. The average Bonchev–Trinajstić information content (AvgIpc) is 2.48. The Hall–Kier alpha value is -1.47. The molecule has 1 fully saturated rings. The maximum absolute atomic E-state index is 11.2. The molecule has 1 atom stereocenters. The fraction of sp³-hybridized carbons (Fsp3) is 0.667. The first-order valence-electron chi connectivity index (χ1n) is 6.46. The lowest BCUT2D eigenvalue weighted by atomic mass is 9.98. The summed E-state index contributed by atoms with van der Waals surface area (Å²) in [4.78, 5) is 20.4. The predicted molar refractivity (Wildman–Crippen MR) is 75.1 cm³/mol. The van der Waals surface area contributed by atoms with E-state index in [0.29, 0.717) is 25.9 Å². The summed E-state index contributed by atoms with van der Waals surface area (Å²) in [7, 11) is 0. The van der Waals surface area contributed by atoms with Crippen LogP contribution in [-0.4, -0.2) is 38.7 Å². The van der Waals surface area contributed by atoms with Gasteiger partial charge in [-0.25, -0.2) is 4.98 Å². The fourth-order valence-corrected chi connectivity index (χ4v) is 2.63. The molecule has 1 saturated heterocycles. The van der Waals surface area contributed by atoms with Crippen molar-refractivity contribution in [2.45, 2.75) is 38.7 Å². The zero-order valence-electron chi connectivity index (χ0n) is 11.5. The highest BCUT2D eigenvalue weighted by Gasteiger charge is 2.30. The molecule has 0 radical (unpaired) electrons. The molecule has 1 aliphatic heterocycles. The van der Waals surface area contributed by atoms with E-state index in [0.717, 1.165) is 6.42 Å². The van der Waals surface area contributed by atoms with Crippen molar-refractivity contribution < 1.29 is 10.0 Å². The van der Waals surface area contributed by atoms with Crippen LogP contribution in [0.3, 0.4) is 0 Å². The zero-order chi connectivity index (χ0) is 14.9. The maximum atomic E-state index is 11.2. The molecule has 1 N–H and O–H groups in total. The minimum absolute atomic E-state index is 0.000827. The largest absolute Gasteiger partial charge is 0.390 e. The second kappa shape index (κ2) is 5.49. The molecule has 0 bridgehead atoms. The lowest BCUT2D eigenvalue weighted by molar-refractivity contribution is -0.385. The van der Waals surface area contributed by atoms with Gasteiger partial charge in [0.25, 0.3) is 0 Å². The number of nitrogens with zero attached hydrogens (tertiary/aromatic N) is 4. The topological polar surface area (TPSA) is 92.4 Å². The van der Waals surface area contributed by atoms with Gasteiger partial charge in [-0.05, 0) is 44.7 Å². The molecule has 0 aromatic carbocycles. The van der Waals surface area contributed by atoms with Crippen molar-refractivity contribution in [2.75, 3.05) is 18.0 Å². The third-order valence-electron chi connectivity index (χ3n) is 3.56. The number of anilines is 1. The van der Waals surface area contributed by atoms with Crippen molar-refractivity contribution in [2.24, 2.45) is 0 Å². The van der Waals surface area contributed by atoms with E-state index in [1.54, 1.807) is 18.7 Å². The van der Waals surface area contributed by atoms with E-state index in [4.69, 9.17) is 11.6 Å². The summed E-state index contributed by atoms with van der Waals surface area (Å²) in [5, 5.41) is 21.3. The summed E-state index contributed by atoms with van der Waals surface area (Å²) < 4.78 is 0. The van der Waals surface area contributed by atoms with Crippen LogP contribution < -0.4 is 4.90 Å². The van der Waals surface area contributed by atoms with Crippen molar-refractivity contribution in [3.8, 4) is 0 Å². The quantitative estimate of drug-likeness (QED) is 0.511. The molecule has 0 saturated carbocycles. The number of nitro groups is 1. The van der Waals surface area contributed by atoms with E-state index >= 15 is 0 Å². The SMILES string of the molecule is Cc1nc(Cl)nc(N2CCCC(C)(O)CC2)c1[N+](=O)[O-]. The lowest BCUT2D eigenvalue weighted by Crippen LogP contribution is -2.29. The van der Waals surface area contributed by atoms with Crippen LogP contribution in [0.5, 0.6) is 0 Å². The highest BCUT2D eigenvalue weighted by molar-refractivity contribution is 6.28. The Morgan fingerprint density at radius 1 is 1.40 bits per heavy atom. The standard InChI is InChI=1S/C12H17ClN4O3/c1-8-9(17(19)20)10(15-11(13)14-8)16-6-3-4-12(2,18)5-7-16/h18H,3-7H2,1-2H3. The summed E-state index contributed by atoms with van der Waals surface area (Å²) in [6, 6.07) is 0. The fourth-order valence-electron chi connectivity index (χ4n) is 2.43. The lowest BCUT2D eigenvalue weighted by Gasteiger charge is -2.23. The first kappa shape index (κ1) is 14.9. The third kappa shape index (κ3) is 3.16. The number of rotatable bonds is 2. The van der Waals surface area contributed by atoms with Crippen LogP contribution in [0, 0.1) is 17.0 Å². The van der Waals surface area contributed by atoms with Crippen LogP contribution in [0.25, 0.3) is 0 Å². The van der Waals surface area contributed by atoms with Gasteiger partial charge in [0.2, 0.25) is 11.1 Å². The van der Waals surface area contributed by atoms with E-state index in [2.05, 4.69) is 9.97 Å². The molecule has 20 heavy (non-hydrogen) atoms. The van der Waals surface area contributed by atoms with Crippen LogP contribution in [0.1, 0.15) is 31.9 Å². The Morgan fingerprint density at radius 2 is 2.10 bits per heavy atom. The Bertz CT molecular complexity index is 536. The van der Waals surface area contributed by atoms with Gasteiger partial charge in [0.1, 0.15) is 5.69 Å². The molecule has 1 aromatic rings. The molecular weight excluding hydrogens is 284 g/mol. The van der Waals surface area contributed by atoms with Crippen molar-refractivity contribution in [1.29, 1.82) is 0 Å². The van der Waals surface area contributed by atoms with Gasteiger partial charge in [-0.1, -0.05) is 0 Å². The summed E-state index contributed by atoms with van der Waals surface area (Å²) in [5.74, 6) is 0.241. The van der Waals surface area contributed by atoms with E-state index in [-0.39, 0.29) is 22.5 Å². The Balaban J connectivity index is 2.39. The molecule has 0 aliphatic carbocycles. The molecular formula is C12H17ClN4O3. The number of hydrogen-bond donors (Lipinski definition) is 1. The minimum atomic E-state index is -0.741. The van der Waals surface area contributed by atoms with E-state index in [1.807, 2.05) is 0 Å². The molecule has 2 heterocycles. The molecule has 2 rings (SSSR count). The van der Waals surface area contributed by atoms with Gasteiger partial charge in [0, 0.05) is 13.1 Å². The van der Waals surface area contributed by atoms with Gasteiger partial charge in [-0.3, -0.25) is 10.1 Å². The number of aliphatic hydroxyl groups is 1. The highest BCUT2D eigenvalue weighted by Crippen LogP contribution is 2.32. The van der Waals surface area contributed by atoms with Gasteiger partial charge in [-0.2, -0.15) is 4.98 Å². The number of aryl methyl sites for hydroxylation is 1. The van der Waals surface area contributed by atoms with Crippen LogP contribution in [0.15, 0.2) is 0 Å². The average molecular weight is 301 g/mol. The molecule has 1 aliphatic rings. The Kier molecular flexibility index (Phi) is 4.10. The van der Waals surface area contributed by atoms with Gasteiger partial charge in [0.05, 0.1) is 10.5 Å². The zero-order valence-corrected chi connectivity index (χ0v) is 12.2. The summed E-state index contributed by atoms with van der Waals surface area (Å²) in [5.41, 5.74) is -0.605. The van der Waals surface area contributed by atoms with Crippen LogP contribution in [0.2, 0.25) is 5.28 Å². The van der Waals surface area contributed by atoms with Crippen LogP contribution >= 0.6 is 11.6 Å². The van der Waals surface area contributed by atoms with Gasteiger partial charge < -0.3 is 10.0 Å². The van der Waals surface area contributed by atoms with E-state index in [1.165, 1.54) is 0 Å². The predicted octanol–water partition coefficient (Wildman–Crippen LogP) is 2.09. The number of hydrogen-bond acceptors (Lipinski definition) is 6. The summed E-state index contributed by atoms with van der Waals surface area (Å²) in [6.07, 6.45) is 1.94. The molecule has 7 nitrogen and oxygen atoms in total. The van der Waals surface area contributed by atoms with Crippen LogP contribution in [-0.2, 0) is 0 Å². The molecule has 110 valence electrons. The second-order valence-electron chi connectivity index (χ2n) is 5.34. The maximum Gasteiger partial charge on any atom is 0.332 e. The Labute approximate surface area is 121 Å². The van der Waals surface area contributed by atoms with Gasteiger partial charge in [0.15, 0.2) is 0 Å². The first-order chi connectivity index (χ1) is 9.30. The smallest absolute Gasteiger partial charge is 0.332 e. The van der Waals surface area contributed by atoms with Gasteiger partial charge >= 0.3 is 5.69 Å². The first-order valence-corrected chi connectivity index (χ1v) is 6.84. The molecule has 1 aromatic heterocycles. The molecule has 1 unspecified atom stereocenters. The monoisotopic (exact) mass is 300 g/mol. The number of aromatic nitrogens is 2. The van der Waals surface area contributed by atoms with Gasteiger partial charge in [-0.15, -0.1) is 0 Å². The summed E-state index contributed by atoms with van der Waals surface area (Å²) >= 11 is 5.82. The van der Waals surface area contributed by atoms with Crippen molar-refractivity contribution in [3.05, 3.63) is 21.1 Å². The molecule has 0 spiro atoms. The minimum Gasteiger partial charge on any atom is -0.390 e. The van der Waals surface area contributed by atoms with E-state index < -0.39 is 10.5 Å². The second-order valence-corrected chi connectivity index (χ2v) is 5.68. The molecule has 0 amide bonds. The normalized spacial score (nSPS) is 23.5. The third-order valence-corrected chi connectivity index (χ3v) is 3.73. The summed E-state index contributed by atoms with van der Waals surface area (Å²) in [6.45, 7) is 4.43. The van der Waals surface area contributed by atoms with Crippen molar-refractivity contribution >= 4 is 23.1 Å².